The van der Waals surface area contributed by atoms with Crippen LogP contribution in [0.2, 0.25) is 0 Å². The second-order valence-electron chi connectivity index (χ2n) is 33.9. The van der Waals surface area contributed by atoms with E-state index in [-0.39, 0.29) is 32.5 Å². The van der Waals surface area contributed by atoms with Gasteiger partial charge in [0, 0.05) is 72.6 Å². The van der Waals surface area contributed by atoms with Crippen LogP contribution >= 0.6 is 0 Å². The van der Waals surface area contributed by atoms with Gasteiger partial charge in [0.15, 0.2) is 0 Å². The predicted molar refractivity (Wildman–Crippen MR) is 402 cm³/mol. The summed E-state index contributed by atoms with van der Waals surface area (Å²) in [5.74, 6) is 5.13. The van der Waals surface area contributed by atoms with Gasteiger partial charge < -0.3 is 28.4 Å². The lowest BCUT2D eigenvalue weighted by molar-refractivity contribution is 0.223. The minimum absolute atomic E-state index is 0.111. The molecule has 9 aromatic rings. The highest BCUT2D eigenvalue weighted by molar-refractivity contribution is 5.48. The van der Waals surface area contributed by atoms with Crippen LogP contribution in [0, 0.1) is 0 Å². The molecule has 21 rings (SSSR count). The van der Waals surface area contributed by atoms with Crippen LogP contribution in [0.15, 0.2) is 182 Å². The highest BCUT2D eigenvalue weighted by Crippen LogP contribution is 2.40. The molecule has 12 aliphatic heterocycles. The van der Waals surface area contributed by atoms with Crippen LogP contribution in [0.3, 0.4) is 0 Å². The standard InChI is InChI=1S/C90H108N2O6/c1-85(2,3)73-31-37-79-67(43-73)49-91-50-68-44-74(86(4,5)6)32-38-80(68)94-56-63-23-27-65(28-24-63)59-97-83-41-35-77(89(13,14)15)47-71(83)53-92(52-70-46-76(88(10,11)12)34-40-82(70)96-58-62-21-19-61(20-22-62)55-93-79)54-72-48-78(90(16,17)18)36-42-84(72)98-60-66-29-25-64(26-30-66)57-95-81-39-33-75(87(7,8)9)45-69(81)51-91/h19-48H,49-60H2,1-18H3. The van der Waals surface area contributed by atoms with Crippen LogP contribution in [0.5, 0.6) is 34.5 Å². The summed E-state index contributed by atoms with van der Waals surface area (Å²) in [4.78, 5) is 5.11. The van der Waals surface area contributed by atoms with Crippen molar-refractivity contribution >= 4 is 0 Å². The zero-order chi connectivity index (χ0) is 70.0. The second-order valence-corrected chi connectivity index (χ2v) is 33.9. The topological polar surface area (TPSA) is 61.9 Å². The molecule has 0 fully saturated rings. The molecule has 8 bridgehead atoms. The number of rotatable bonds is 0. The maximum absolute atomic E-state index is 7.05. The summed E-state index contributed by atoms with van der Waals surface area (Å²) in [7, 11) is 0. The lowest BCUT2D eigenvalue weighted by atomic mass is 9.85. The molecule has 12 heterocycles. The quantitative estimate of drug-likeness (QED) is 0.149. The number of ether oxygens (including phenoxy) is 6. The Balaban J connectivity index is 1.10. The third kappa shape index (κ3) is 18.3. The molecule has 0 N–H and O–H groups in total. The molecule has 0 amide bonds. The summed E-state index contributed by atoms with van der Waals surface area (Å²) in [5.41, 5.74) is 19.9. The zero-order valence-corrected chi connectivity index (χ0v) is 62.1. The number of benzene rings is 9. The second kappa shape index (κ2) is 28.9. The van der Waals surface area contributed by atoms with Crippen molar-refractivity contribution in [3.63, 3.8) is 0 Å². The van der Waals surface area contributed by atoms with Gasteiger partial charge in [-0.25, -0.2) is 0 Å². The highest BCUT2D eigenvalue weighted by Gasteiger charge is 2.28. The summed E-state index contributed by atoms with van der Waals surface area (Å²) in [6.07, 6.45) is 0. The Labute approximate surface area is 587 Å². The predicted octanol–water partition coefficient (Wildman–Crippen LogP) is 22.0. The van der Waals surface area contributed by atoms with Gasteiger partial charge in [0.2, 0.25) is 0 Å². The highest BCUT2D eigenvalue weighted by atomic mass is 16.5. The SMILES string of the molecule is CC(C)(C)c1ccc2c(c1)CN1Cc3cc(C(C)(C)C)ccc3OCc3ccc(cc3)COc3ccc(C(C)(C)C)cc3CN(Cc3cc(C(C)(C)C)ccc3OCc3ccc(cc3)CO2)Cc2cc(C(C)(C)C)ccc2OCc2ccc(cc2)COc2ccc(C(C)(C)C)cc2C1. The Morgan fingerprint density at radius 3 is 0.449 bits per heavy atom. The third-order valence-corrected chi connectivity index (χ3v) is 19.4. The number of nitrogens with zero attached hydrogens (tertiary/aromatic N) is 2. The van der Waals surface area contributed by atoms with E-state index in [0.29, 0.717) is 78.9 Å². The molecular formula is C90H108N2O6. The largest absolute Gasteiger partial charge is 0.489 e. The van der Waals surface area contributed by atoms with Crippen molar-refractivity contribution in [3.05, 3.63) is 282 Å². The molecule has 0 aliphatic carbocycles. The Bertz CT molecular complexity index is 3510. The zero-order valence-electron chi connectivity index (χ0n) is 62.1. The molecule has 98 heavy (non-hydrogen) atoms. The van der Waals surface area contributed by atoms with Gasteiger partial charge in [0.25, 0.3) is 0 Å². The van der Waals surface area contributed by atoms with E-state index in [9.17, 15) is 0 Å². The van der Waals surface area contributed by atoms with Crippen molar-refractivity contribution in [2.45, 2.75) is 236 Å². The fourth-order valence-corrected chi connectivity index (χ4v) is 12.8. The van der Waals surface area contributed by atoms with E-state index in [2.05, 4.69) is 316 Å². The first-order chi connectivity index (χ1) is 46.2. The summed E-state index contributed by atoms with van der Waals surface area (Å²) < 4.78 is 42.3. The molecule has 0 aromatic heterocycles. The van der Waals surface area contributed by atoms with Gasteiger partial charge in [-0.15, -0.1) is 0 Å². The minimum Gasteiger partial charge on any atom is -0.489 e. The van der Waals surface area contributed by atoms with Crippen molar-refractivity contribution in [2.24, 2.45) is 0 Å². The maximum atomic E-state index is 7.05. The third-order valence-electron chi connectivity index (χ3n) is 19.4. The van der Waals surface area contributed by atoms with Gasteiger partial charge in [0.1, 0.15) is 74.1 Å². The van der Waals surface area contributed by atoms with E-state index in [4.69, 9.17) is 28.4 Å². The molecular weight excluding hydrogens is 1200 g/mol. The van der Waals surface area contributed by atoms with Crippen molar-refractivity contribution in [3.8, 4) is 34.5 Å². The van der Waals surface area contributed by atoms with Gasteiger partial charge in [-0.3, -0.25) is 9.80 Å². The Hall–Kier alpha value is -8.30. The maximum Gasteiger partial charge on any atom is 0.124 e. The molecule has 0 radical (unpaired) electrons. The van der Waals surface area contributed by atoms with Gasteiger partial charge in [-0.05, 0) is 136 Å². The van der Waals surface area contributed by atoms with Gasteiger partial charge in [0.05, 0.1) is 0 Å². The smallest absolute Gasteiger partial charge is 0.124 e. The van der Waals surface area contributed by atoms with Gasteiger partial charge in [-0.1, -0.05) is 270 Å². The fraction of sp³-hybridized carbons (Fsp3) is 0.400. The first-order valence-electron chi connectivity index (χ1n) is 35.5. The van der Waals surface area contributed by atoms with Crippen LogP contribution in [-0.4, -0.2) is 9.80 Å². The summed E-state index contributed by atoms with van der Waals surface area (Å²) in [6.45, 7) is 47.1. The minimum atomic E-state index is -0.111. The summed E-state index contributed by atoms with van der Waals surface area (Å²) in [5, 5.41) is 0. The average Bonchev–Trinajstić information content (AvgIpc) is 0.816. The van der Waals surface area contributed by atoms with Crippen LogP contribution < -0.4 is 28.4 Å². The van der Waals surface area contributed by atoms with Crippen LogP contribution in [0.4, 0.5) is 0 Å². The first kappa shape index (κ1) is 71.0. The van der Waals surface area contributed by atoms with E-state index < -0.39 is 0 Å². The Morgan fingerprint density at radius 2 is 0.327 bits per heavy atom. The van der Waals surface area contributed by atoms with Crippen molar-refractivity contribution < 1.29 is 28.4 Å². The Morgan fingerprint density at radius 1 is 0.194 bits per heavy atom. The van der Waals surface area contributed by atoms with Crippen LogP contribution in [0.25, 0.3) is 0 Å². The van der Waals surface area contributed by atoms with Gasteiger partial charge in [-0.2, -0.15) is 0 Å². The molecule has 0 saturated heterocycles. The molecule has 9 aromatic carbocycles. The Kier molecular flexibility index (Phi) is 20.9. The van der Waals surface area contributed by atoms with Crippen molar-refractivity contribution in [1.29, 1.82) is 0 Å². The molecule has 0 saturated carbocycles. The van der Waals surface area contributed by atoms with Crippen LogP contribution in [-0.2, 0) is 111 Å². The van der Waals surface area contributed by atoms with Crippen molar-refractivity contribution in [1.82, 2.24) is 9.80 Å². The normalized spacial score (nSPS) is 16.5. The number of hydrogen-bond donors (Lipinski definition) is 0. The van der Waals surface area contributed by atoms with E-state index >= 15 is 0 Å². The molecule has 514 valence electrons. The monoisotopic (exact) mass is 1310 g/mol. The van der Waals surface area contributed by atoms with E-state index in [0.717, 1.165) is 101 Å². The lowest BCUT2D eigenvalue weighted by Crippen LogP contribution is -2.25. The van der Waals surface area contributed by atoms with E-state index in [1.807, 2.05) is 0 Å². The average molecular weight is 1310 g/mol. The number of hydrogen-bond acceptors (Lipinski definition) is 8. The first-order valence-corrected chi connectivity index (χ1v) is 35.5. The summed E-state index contributed by atoms with van der Waals surface area (Å²) in [6, 6.07) is 67.0. The molecule has 8 nitrogen and oxygen atoms in total. The van der Waals surface area contributed by atoms with Crippen LogP contribution in [0.1, 0.15) is 225 Å². The molecule has 12 aliphatic rings. The molecule has 0 atom stereocenters. The fourth-order valence-electron chi connectivity index (χ4n) is 12.8. The molecule has 0 spiro atoms. The molecule has 0 unspecified atom stereocenters. The molecule has 8 heteroatoms. The van der Waals surface area contributed by atoms with Crippen molar-refractivity contribution in [2.75, 3.05) is 0 Å². The van der Waals surface area contributed by atoms with Gasteiger partial charge >= 0.3 is 0 Å². The lowest BCUT2D eigenvalue weighted by Gasteiger charge is -2.29. The summed E-state index contributed by atoms with van der Waals surface area (Å²) >= 11 is 0. The van der Waals surface area contributed by atoms with E-state index in [1.165, 1.54) is 33.4 Å². The van der Waals surface area contributed by atoms with E-state index in [1.54, 1.807) is 0 Å².